The van der Waals surface area contributed by atoms with Crippen LogP contribution < -0.4 is 5.19 Å². The number of rotatable bonds is 6. The molecule has 0 amide bonds. The average molecular weight is 371 g/mol. The van der Waals surface area contributed by atoms with Crippen molar-refractivity contribution in [3.8, 4) is 0 Å². The zero-order valence-corrected chi connectivity index (χ0v) is 16.8. The molecular formula is C23H28F2Si. The van der Waals surface area contributed by atoms with Gasteiger partial charge in [0.25, 0.3) is 0 Å². The van der Waals surface area contributed by atoms with E-state index in [-0.39, 0.29) is 9.52 Å². The van der Waals surface area contributed by atoms with Crippen molar-refractivity contribution in [2.75, 3.05) is 0 Å². The molecule has 0 atom stereocenters. The first-order valence-corrected chi connectivity index (χ1v) is 11.0. The van der Waals surface area contributed by atoms with Crippen molar-refractivity contribution < 1.29 is 8.78 Å². The fourth-order valence-electron chi connectivity index (χ4n) is 3.79. The average Bonchev–Trinajstić information content (AvgIpc) is 2.66. The molecule has 1 fully saturated rings. The van der Waals surface area contributed by atoms with Crippen molar-refractivity contribution in [1.29, 1.82) is 0 Å². The topological polar surface area (TPSA) is 0 Å². The maximum atomic E-state index is 14.0. The summed E-state index contributed by atoms with van der Waals surface area (Å²) in [7, 11) is 0.257. The van der Waals surface area contributed by atoms with E-state index in [1.54, 1.807) is 19.1 Å². The Hall–Kier alpha value is -1.48. The van der Waals surface area contributed by atoms with Gasteiger partial charge in [-0.25, -0.2) is 8.78 Å². The van der Waals surface area contributed by atoms with Crippen molar-refractivity contribution in [2.24, 2.45) is 11.8 Å². The van der Waals surface area contributed by atoms with Crippen LogP contribution in [0.4, 0.5) is 8.78 Å². The van der Waals surface area contributed by atoms with E-state index in [0.717, 1.165) is 24.3 Å². The molecule has 0 heterocycles. The molecule has 0 aliphatic heterocycles. The molecule has 138 valence electrons. The molecule has 2 aromatic carbocycles. The van der Waals surface area contributed by atoms with Gasteiger partial charge >= 0.3 is 0 Å². The Morgan fingerprint density at radius 1 is 0.885 bits per heavy atom. The molecule has 2 radical (unpaired) electrons. The van der Waals surface area contributed by atoms with Crippen LogP contribution in [-0.2, 0) is 12.5 Å². The molecule has 26 heavy (non-hydrogen) atoms. The molecule has 2 aromatic rings. The Kier molecular flexibility index (Phi) is 6.63. The molecule has 0 bridgehead atoms. The van der Waals surface area contributed by atoms with Crippen LogP contribution in [0.1, 0.15) is 55.7 Å². The van der Waals surface area contributed by atoms with Crippen molar-refractivity contribution in [3.05, 3.63) is 64.7 Å². The largest absolute Gasteiger partial charge is 0.204 e. The lowest BCUT2D eigenvalue weighted by Crippen LogP contribution is -2.22. The summed E-state index contributed by atoms with van der Waals surface area (Å²) in [4.78, 5) is 0. The highest BCUT2D eigenvalue weighted by molar-refractivity contribution is 6.53. The Balaban J connectivity index is 1.49. The van der Waals surface area contributed by atoms with E-state index in [1.807, 2.05) is 0 Å². The Morgan fingerprint density at radius 2 is 1.54 bits per heavy atom. The summed E-state index contributed by atoms with van der Waals surface area (Å²) in [6, 6.07) is 12.8. The van der Waals surface area contributed by atoms with Crippen LogP contribution in [0, 0.1) is 30.4 Å². The Labute approximate surface area is 158 Å². The third-order valence-corrected chi connectivity index (χ3v) is 7.11. The second-order valence-corrected chi connectivity index (χ2v) is 9.14. The third-order valence-electron chi connectivity index (χ3n) is 5.76. The number of hydrogen-bond acceptors (Lipinski definition) is 0. The number of hydrogen-bond donors (Lipinski definition) is 0. The fourth-order valence-corrected chi connectivity index (χ4v) is 4.89. The van der Waals surface area contributed by atoms with Gasteiger partial charge in [0.1, 0.15) is 0 Å². The first kappa shape index (κ1) is 19.3. The summed E-state index contributed by atoms with van der Waals surface area (Å²) < 4.78 is 27.6. The maximum Gasteiger partial charge on any atom is 0.161 e. The minimum atomic E-state index is -0.706. The summed E-state index contributed by atoms with van der Waals surface area (Å²) in [6.45, 7) is 3.96. The first-order valence-electron chi connectivity index (χ1n) is 9.79. The van der Waals surface area contributed by atoms with Gasteiger partial charge in [-0.1, -0.05) is 74.6 Å². The van der Waals surface area contributed by atoms with E-state index in [4.69, 9.17) is 0 Å². The molecule has 0 N–H and O–H groups in total. The van der Waals surface area contributed by atoms with Crippen molar-refractivity contribution >= 4 is 14.7 Å². The quantitative estimate of drug-likeness (QED) is 0.584. The number of aryl methyl sites for hydroxylation is 2. The van der Waals surface area contributed by atoms with E-state index in [0.29, 0.717) is 10.8 Å². The lowest BCUT2D eigenvalue weighted by atomic mass is 9.80. The summed E-state index contributed by atoms with van der Waals surface area (Å²) in [5, 5.41) is 0.490. The van der Waals surface area contributed by atoms with Crippen LogP contribution >= 0.6 is 0 Å². The van der Waals surface area contributed by atoms with Gasteiger partial charge in [0, 0.05) is 0 Å². The molecule has 1 aliphatic carbocycles. The molecule has 0 spiro atoms. The van der Waals surface area contributed by atoms with Crippen LogP contribution in [0.15, 0.2) is 36.4 Å². The van der Waals surface area contributed by atoms with Gasteiger partial charge in [-0.2, -0.15) is 0 Å². The number of benzene rings is 2. The molecule has 0 unspecified atom stereocenters. The lowest BCUT2D eigenvalue weighted by molar-refractivity contribution is 0.278. The third kappa shape index (κ3) is 5.03. The van der Waals surface area contributed by atoms with Crippen molar-refractivity contribution in [1.82, 2.24) is 0 Å². The highest BCUT2D eigenvalue weighted by atomic mass is 28.2. The molecule has 0 nitrogen and oxygen atoms in total. The zero-order valence-electron chi connectivity index (χ0n) is 15.8. The summed E-state index contributed by atoms with van der Waals surface area (Å²) in [5.74, 6) is 0.425. The van der Waals surface area contributed by atoms with Gasteiger partial charge in [-0.3, -0.25) is 0 Å². The van der Waals surface area contributed by atoms with Crippen LogP contribution in [0.5, 0.6) is 0 Å². The van der Waals surface area contributed by atoms with Gasteiger partial charge < -0.3 is 0 Å². The van der Waals surface area contributed by atoms with Gasteiger partial charge in [-0.15, -0.1) is 0 Å². The summed E-state index contributed by atoms with van der Waals surface area (Å²) in [5.41, 5.74) is 2.95. The van der Waals surface area contributed by atoms with Crippen LogP contribution in [0.2, 0.25) is 0 Å². The van der Waals surface area contributed by atoms with Crippen molar-refractivity contribution in [3.63, 3.8) is 0 Å². The van der Waals surface area contributed by atoms with Gasteiger partial charge in [-0.05, 0) is 54.0 Å². The SMILES string of the molecule is Cc1ccc([Si]Cc2ccc(CCC3CCC(C)CC3)cc2)c(F)c1F. The smallest absolute Gasteiger partial charge is 0.161 e. The van der Waals surface area contributed by atoms with E-state index in [2.05, 4.69) is 31.2 Å². The second-order valence-electron chi connectivity index (χ2n) is 7.89. The predicted octanol–water partition coefficient (Wildman–Crippen LogP) is 5.56. The maximum absolute atomic E-state index is 14.0. The Morgan fingerprint density at radius 3 is 2.23 bits per heavy atom. The summed E-state index contributed by atoms with van der Waals surface area (Å²) >= 11 is 0. The van der Waals surface area contributed by atoms with Gasteiger partial charge in [0.2, 0.25) is 0 Å². The zero-order chi connectivity index (χ0) is 18.5. The van der Waals surface area contributed by atoms with Gasteiger partial charge in [0.15, 0.2) is 11.6 Å². The first-order chi connectivity index (χ1) is 12.5. The van der Waals surface area contributed by atoms with E-state index in [1.165, 1.54) is 43.2 Å². The highest BCUT2D eigenvalue weighted by Crippen LogP contribution is 2.31. The van der Waals surface area contributed by atoms with Gasteiger partial charge in [0.05, 0.1) is 9.52 Å². The van der Waals surface area contributed by atoms with Crippen LogP contribution in [-0.4, -0.2) is 9.52 Å². The molecule has 1 saturated carbocycles. The fraction of sp³-hybridized carbons (Fsp3) is 0.478. The van der Waals surface area contributed by atoms with Crippen LogP contribution in [0.25, 0.3) is 0 Å². The van der Waals surface area contributed by atoms with Crippen molar-refractivity contribution in [2.45, 2.75) is 58.4 Å². The lowest BCUT2D eigenvalue weighted by Gasteiger charge is -2.26. The molecule has 3 heteroatoms. The minimum absolute atomic E-state index is 0.257. The second kappa shape index (κ2) is 8.94. The number of halogens is 2. The van der Waals surface area contributed by atoms with Crippen LogP contribution in [0.3, 0.4) is 0 Å². The van der Waals surface area contributed by atoms with E-state index < -0.39 is 11.6 Å². The van der Waals surface area contributed by atoms with E-state index >= 15 is 0 Å². The van der Waals surface area contributed by atoms with E-state index in [9.17, 15) is 8.78 Å². The monoisotopic (exact) mass is 370 g/mol. The minimum Gasteiger partial charge on any atom is -0.204 e. The molecular weight excluding hydrogens is 342 g/mol. The molecule has 1 aliphatic rings. The molecule has 0 aromatic heterocycles. The summed E-state index contributed by atoms with van der Waals surface area (Å²) in [6.07, 6.45) is 8.00. The highest BCUT2D eigenvalue weighted by Gasteiger charge is 2.17. The molecule has 0 saturated heterocycles. The molecule has 3 rings (SSSR count). The normalized spacial score (nSPS) is 20.3. The Bertz CT molecular complexity index is 716. The predicted molar refractivity (Wildman–Crippen MR) is 106 cm³/mol. The standard InChI is InChI=1S/C23H28F2Si/c1-16-3-6-18(7-4-16)8-9-19-10-12-20(13-11-19)15-26-21-14-5-17(2)22(24)23(21)25/h5,10-14,16,18H,3-4,6-9,15H2,1-2H3.